The van der Waals surface area contributed by atoms with Crippen LogP contribution in [0.4, 0.5) is 0 Å². The summed E-state index contributed by atoms with van der Waals surface area (Å²) in [4.78, 5) is 22.4. The smallest absolute Gasteiger partial charge is 0.244 e. The van der Waals surface area contributed by atoms with Gasteiger partial charge >= 0.3 is 0 Å². The fourth-order valence-corrected chi connectivity index (χ4v) is 1.43. The Kier molecular flexibility index (Phi) is 5.58. The molecule has 0 spiro atoms. The SMILES string of the molecule is COc1cc(C=CC(=O)NC(C)C(N)=O)cc(OC)c1. The Balaban J connectivity index is 2.79. The zero-order valence-corrected chi connectivity index (χ0v) is 11.7. The van der Waals surface area contributed by atoms with E-state index >= 15 is 0 Å². The number of methoxy groups -OCH3 is 2. The summed E-state index contributed by atoms with van der Waals surface area (Å²) >= 11 is 0. The molecule has 1 unspecified atom stereocenters. The van der Waals surface area contributed by atoms with E-state index in [-0.39, 0.29) is 0 Å². The minimum absolute atomic E-state index is 0.405. The third-order valence-corrected chi connectivity index (χ3v) is 2.59. The topological polar surface area (TPSA) is 90.6 Å². The lowest BCUT2D eigenvalue weighted by Crippen LogP contribution is -2.41. The molecule has 108 valence electrons. The van der Waals surface area contributed by atoms with Crippen molar-refractivity contribution in [2.45, 2.75) is 13.0 Å². The number of amides is 2. The van der Waals surface area contributed by atoms with Crippen molar-refractivity contribution in [2.75, 3.05) is 14.2 Å². The Bertz CT molecular complexity index is 504. The van der Waals surface area contributed by atoms with Gasteiger partial charge in [0.05, 0.1) is 14.2 Å². The molecular weight excluding hydrogens is 260 g/mol. The van der Waals surface area contributed by atoms with Crippen LogP contribution in [0, 0.1) is 0 Å². The van der Waals surface area contributed by atoms with Gasteiger partial charge in [-0.1, -0.05) is 0 Å². The summed E-state index contributed by atoms with van der Waals surface area (Å²) in [6, 6.07) is 4.52. The maximum absolute atomic E-state index is 11.6. The van der Waals surface area contributed by atoms with Gasteiger partial charge in [-0.15, -0.1) is 0 Å². The zero-order chi connectivity index (χ0) is 15.1. The second-order valence-electron chi connectivity index (χ2n) is 4.11. The van der Waals surface area contributed by atoms with Crippen molar-refractivity contribution in [1.82, 2.24) is 5.32 Å². The minimum Gasteiger partial charge on any atom is -0.497 e. The predicted molar refractivity (Wildman–Crippen MR) is 75.4 cm³/mol. The van der Waals surface area contributed by atoms with Crippen LogP contribution in [0.1, 0.15) is 12.5 Å². The largest absolute Gasteiger partial charge is 0.497 e. The first-order chi connectivity index (χ1) is 9.46. The summed E-state index contributed by atoms with van der Waals surface area (Å²) in [6.07, 6.45) is 2.90. The van der Waals surface area contributed by atoms with E-state index in [1.165, 1.54) is 13.0 Å². The molecule has 0 saturated heterocycles. The molecule has 0 aromatic heterocycles. The highest BCUT2D eigenvalue weighted by atomic mass is 16.5. The molecular formula is C14H18N2O4. The van der Waals surface area contributed by atoms with E-state index in [1.54, 1.807) is 38.5 Å². The highest BCUT2D eigenvalue weighted by Crippen LogP contribution is 2.23. The average Bonchev–Trinajstić information content (AvgIpc) is 2.44. The fourth-order valence-electron chi connectivity index (χ4n) is 1.43. The number of nitrogens with one attached hydrogen (secondary N) is 1. The molecule has 0 radical (unpaired) electrons. The molecule has 2 amide bonds. The van der Waals surface area contributed by atoms with Crippen LogP contribution in [0.5, 0.6) is 11.5 Å². The lowest BCUT2D eigenvalue weighted by molar-refractivity contribution is -0.124. The molecule has 0 aliphatic rings. The summed E-state index contributed by atoms with van der Waals surface area (Å²) in [6.45, 7) is 1.52. The van der Waals surface area contributed by atoms with Crippen molar-refractivity contribution in [1.29, 1.82) is 0 Å². The third kappa shape index (κ3) is 4.64. The molecule has 3 N–H and O–H groups in total. The van der Waals surface area contributed by atoms with Crippen molar-refractivity contribution in [2.24, 2.45) is 5.73 Å². The summed E-state index contributed by atoms with van der Waals surface area (Å²) < 4.78 is 10.2. The lowest BCUT2D eigenvalue weighted by Gasteiger charge is -2.08. The second-order valence-corrected chi connectivity index (χ2v) is 4.11. The van der Waals surface area contributed by atoms with Gasteiger partial charge in [0.25, 0.3) is 0 Å². The van der Waals surface area contributed by atoms with Crippen molar-refractivity contribution in [3.63, 3.8) is 0 Å². The van der Waals surface area contributed by atoms with E-state index in [1.807, 2.05) is 0 Å². The summed E-state index contributed by atoms with van der Waals surface area (Å²) in [7, 11) is 3.09. The molecule has 1 aromatic rings. The number of primary amides is 1. The van der Waals surface area contributed by atoms with Crippen LogP contribution < -0.4 is 20.5 Å². The zero-order valence-electron chi connectivity index (χ0n) is 11.7. The number of rotatable bonds is 6. The van der Waals surface area contributed by atoms with Crippen LogP contribution in [-0.2, 0) is 9.59 Å². The Labute approximate surface area is 117 Å². The summed E-state index contributed by atoms with van der Waals surface area (Å²) in [5.74, 6) is 0.248. The maximum Gasteiger partial charge on any atom is 0.244 e. The minimum atomic E-state index is -0.716. The van der Waals surface area contributed by atoms with Gasteiger partial charge in [0.2, 0.25) is 11.8 Å². The molecule has 6 nitrogen and oxygen atoms in total. The Hall–Kier alpha value is -2.50. The number of carbonyl (C=O) groups excluding carboxylic acids is 2. The molecule has 0 saturated carbocycles. The van der Waals surface area contributed by atoms with Gasteiger partial charge in [-0.25, -0.2) is 0 Å². The molecule has 6 heteroatoms. The fraction of sp³-hybridized carbons (Fsp3) is 0.286. The molecule has 0 aliphatic heterocycles. The van der Waals surface area contributed by atoms with E-state index in [4.69, 9.17) is 15.2 Å². The highest BCUT2D eigenvalue weighted by Gasteiger charge is 2.09. The van der Waals surface area contributed by atoms with E-state index in [0.29, 0.717) is 11.5 Å². The van der Waals surface area contributed by atoms with Crippen LogP contribution in [0.15, 0.2) is 24.3 Å². The van der Waals surface area contributed by atoms with Crippen molar-refractivity contribution < 1.29 is 19.1 Å². The third-order valence-electron chi connectivity index (χ3n) is 2.59. The van der Waals surface area contributed by atoms with Gasteiger partial charge in [0.15, 0.2) is 0 Å². The summed E-state index contributed by atoms with van der Waals surface area (Å²) in [5.41, 5.74) is 5.80. The van der Waals surface area contributed by atoms with Crippen molar-refractivity contribution in [3.05, 3.63) is 29.8 Å². The van der Waals surface area contributed by atoms with Crippen molar-refractivity contribution >= 4 is 17.9 Å². The molecule has 1 aromatic carbocycles. The van der Waals surface area contributed by atoms with Crippen LogP contribution in [0.25, 0.3) is 6.08 Å². The van der Waals surface area contributed by atoms with Gasteiger partial charge < -0.3 is 20.5 Å². The van der Waals surface area contributed by atoms with Crippen LogP contribution in [-0.4, -0.2) is 32.1 Å². The Morgan fingerprint density at radius 2 is 1.75 bits per heavy atom. The number of nitrogens with two attached hydrogens (primary N) is 1. The number of hydrogen-bond acceptors (Lipinski definition) is 4. The van der Waals surface area contributed by atoms with Crippen molar-refractivity contribution in [3.8, 4) is 11.5 Å². The lowest BCUT2D eigenvalue weighted by atomic mass is 10.2. The second kappa shape index (κ2) is 7.18. The van der Waals surface area contributed by atoms with E-state index in [2.05, 4.69) is 5.32 Å². The first-order valence-corrected chi connectivity index (χ1v) is 5.97. The standard InChI is InChI=1S/C14H18N2O4/c1-9(14(15)18)16-13(17)5-4-10-6-11(19-2)8-12(7-10)20-3/h4-9H,1-3H3,(H2,15,18)(H,16,17). The Morgan fingerprint density at radius 1 is 1.20 bits per heavy atom. The van der Waals surface area contributed by atoms with E-state index in [9.17, 15) is 9.59 Å². The Morgan fingerprint density at radius 3 is 2.20 bits per heavy atom. The number of hydrogen-bond donors (Lipinski definition) is 2. The van der Waals surface area contributed by atoms with Gasteiger partial charge in [-0.3, -0.25) is 9.59 Å². The van der Waals surface area contributed by atoms with Gasteiger partial charge in [-0.05, 0) is 30.7 Å². The number of carbonyl (C=O) groups is 2. The monoisotopic (exact) mass is 278 g/mol. The quantitative estimate of drug-likeness (QED) is 0.750. The molecule has 1 atom stereocenters. The van der Waals surface area contributed by atoms with Gasteiger partial charge in [0.1, 0.15) is 17.5 Å². The van der Waals surface area contributed by atoms with Gasteiger partial charge in [-0.2, -0.15) is 0 Å². The number of benzene rings is 1. The maximum atomic E-state index is 11.6. The molecule has 1 rings (SSSR count). The van der Waals surface area contributed by atoms with Crippen LogP contribution in [0.2, 0.25) is 0 Å². The number of ether oxygens (including phenoxy) is 2. The molecule has 0 aliphatic carbocycles. The van der Waals surface area contributed by atoms with Gasteiger partial charge in [0, 0.05) is 12.1 Å². The average molecular weight is 278 g/mol. The molecule has 0 fully saturated rings. The first-order valence-electron chi connectivity index (χ1n) is 5.97. The van der Waals surface area contributed by atoms with E-state index < -0.39 is 17.9 Å². The van der Waals surface area contributed by atoms with E-state index in [0.717, 1.165) is 5.56 Å². The normalized spacial score (nSPS) is 11.9. The summed E-state index contributed by atoms with van der Waals surface area (Å²) in [5, 5.41) is 2.44. The molecule has 0 heterocycles. The predicted octanol–water partition coefficient (Wildman–Crippen LogP) is 0.707. The highest BCUT2D eigenvalue weighted by molar-refractivity contribution is 5.95. The van der Waals surface area contributed by atoms with Crippen LogP contribution in [0.3, 0.4) is 0 Å². The molecule has 20 heavy (non-hydrogen) atoms. The van der Waals surface area contributed by atoms with Crippen LogP contribution >= 0.6 is 0 Å². The first kappa shape index (κ1) is 15.6. The molecule has 0 bridgehead atoms.